The average molecular weight is 355 g/mol. The molecule has 0 saturated heterocycles. The van der Waals surface area contributed by atoms with E-state index in [0.29, 0.717) is 11.4 Å². The van der Waals surface area contributed by atoms with Gasteiger partial charge in [0.2, 0.25) is 0 Å². The minimum absolute atomic E-state index is 0.181. The van der Waals surface area contributed by atoms with Gasteiger partial charge in [-0.2, -0.15) is 10.2 Å². The Balaban J connectivity index is 1.84. The molecule has 0 aliphatic rings. The highest BCUT2D eigenvalue weighted by molar-refractivity contribution is 5.93. The molecule has 7 heteroatoms. The predicted octanol–water partition coefficient (Wildman–Crippen LogP) is 3.40. The van der Waals surface area contributed by atoms with Crippen molar-refractivity contribution in [1.82, 2.24) is 24.9 Å². The first-order valence-corrected chi connectivity index (χ1v) is 8.38. The van der Waals surface area contributed by atoms with E-state index in [1.807, 2.05) is 27.8 Å². The van der Waals surface area contributed by atoms with E-state index < -0.39 is 0 Å². The van der Waals surface area contributed by atoms with Crippen molar-refractivity contribution < 1.29 is 9.18 Å². The zero-order valence-corrected chi connectivity index (χ0v) is 15.5. The Bertz CT molecular complexity index is 941. The van der Waals surface area contributed by atoms with Crippen LogP contribution in [0.15, 0.2) is 30.3 Å². The Kier molecular flexibility index (Phi) is 4.63. The highest BCUT2D eigenvalue weighted by Crippen LogP contribution is 2.26. The van der Waals surface area contributed by atoms with E-state index in [1.54, 1.807) is 34.8 Å². The molecule has 1 aromatic carbocycles. The second-order valence-electron chi connectivity index (χ2n) is 6.48. The topological polar surface area (TPSA) is 66.8 Å². The molecule has 0 bridgehead atoms. The molecule has 0 radical (unpaired) electrons. The average Bonchev–Trinajstić information content (AvgIpc) is 3.18. The van der Waals surface area contributed by atoms with Gasteiger partial charge in [0.15, 0.2) is 0 Å². The van der Waals surface area contributed by atoms with Gasteiger partial charge in [-0.1, -0.05) is 12.1 Å². The van der Waals surface area contributed by atoms with Gasteiger partial charge in [0.25, 0.3) is 5.91 Å². The Morgan fingerprint density at radius 2 is 1.92 bits per heavy atom. The van der Waals surface area contributed by atoms with Crippen LogP contribution in [0, 0.1) is 19.7 Å². The van der Waals surface area contributed by atoms with Crippen LogP contribution in [-0.2, 0) is 7.05 Å². The van der Waals surface area contributed by atoms with E-state index in [9.17, 15) is 9.18 Å². The van der Waals surface area contributed by atoms with Gasteiger partial charge in [-0.3, -0.25) is 14.6 Å². The summed E-state index contributed by atoms with van der Waals surface area (Å²) in [6, 6.07) is 7.71. The van der Waals surface area contributed by atoms with Crippen molar-refractivity contribution >= 4 is 5.91 Å². The number of aryl methyl sites for hydroxylation is 2. The lowest BCUT2D eigenvalue weighted by Gasteiger charge is -2.24. The van der Waals surface area contributed by atoms with Crippen molar-refractivity contribution in [2.45, 2.75) is 26.8 Å². The Labute approximate surface area is 151 Å². The largest absolute Gasteiger partial charge is 0.334 e. The summed E-state index contributed by atoms with van der Waals surface area (Å²) in [5, 5.41) is 11.5. The summed E-state index contributed by atoms with van der Waals surface area (Å²) >= 11 is 0. The number of hydrogen-bond donors (Lipinski definition) is 1. The lowest BCUT2D eigenvalue weighted by atomic mass is 10.1. The van der Waals surface area contributed by atoms with Crippen molar-refractivity contribution in [2.24, 2.45) is 7.05 Å². The van der Waals surface area contributed by atoms with Crippen LogP contribution in [-0.4, -0.2) is 37.8 Å². The third-order valence-corrected chi connectivity index (χ3v) is 4.83. The van der Waals surface area contributed by atoms with Crippen LogP contribution in [0.2, 0.25) is 0 Å². The lowest BCUT2D eigenvalue weighted by Crippen LogP contribution is -2.29. The number of carbonyl (C=O) groups is 1. The molecule has 1 N–H and O–H groups in total. The van der Waals surface area contributed by atoms with Crippen molar-refractivity contribution in [3.05, 3.63) is 58.8 Å². The normalized spacial score (nSPS) is 12.2. The van der Waals surface area contributed by atoms with Gasteiger partial charge in [-0.15, -0.1) is 0 Å². The fraction of sp³-hybridized carbons (Fsp3) is 0.316. The number of nitrogens with zero attached hydrogens (tertiary/aromatic N) is 4. The third kappa shape index (κ3) is 3.12. The van der Waals surface area contributed by atoms with Crippen molar-refractivity contribution in [2.75, 3.05) is 7.05 Å². The number of aromatic amines is 1. The van der Waals surface area contributed by atoms with E-state index in [-0.39, 0.29) is 17.8 Å². The van der Waals surface area contributed by atoms with Gasteiger partial charge in [0.05, 0.1) is 17.4 Å². The molecule has 1 atom stereocenters. The molecule has 0 aliphatic heterocycles. The number of nitrogens with one attached hydrogen (secondary N) is 1. The van der Waals surface area contributed by atoms with Crippen molar-refractivity contribution in [1.29, 1.82) is 0 Å². The summed E-state index contributed by atoms with van der Waals surface area (Å²) in [4.78, 5) is 14.4. The number of amides is 1. The molecule has 136 valence electrons. The summed E-state index contributed by atoms with van der Waals surface area (Å²) < 4.78 is 14.9. The first kappa shape index (κ1) is 17.8. The fourth-order valence-corrected chi connectivity index (χ4v) is 3.03. The van der Waals surface area contributed by atoms with Gasteiger partial charge in [0.1, 0.15) is 11.5 Å². The molecule has 0 spiro atoms. The standard InChI is InChI=1S/C19H22FN5O/c1-11-18(13(3)25(5)23-11)16-10-17(22-21-16)19(26)24(4)12(2)14-6-8-15(20)9-7-14/h6-10,12H,1-5H3,(H,21,22). The molecule has 6 nitrogen and oxygen atoms in total. The van der Waals surface area contributed by atoms with Gasteiger partial charge in [0, 0.05) is 25.4 Å². The molecule has 3 aromatic rings. The number of halogens is 1. The molecular formula is C19H22FN5O. The first-order valence-electron chi connectivity index (χ1n) is 8.38. The molecular weight excluding hydrogens is 333 g/mol. The summed E-state index contributed by atoms with van der Waals surface area (Å²) in [7, 11) is 3.60. The molecule has 2 aromatic heterocycles. The summed E-state index contributed by atoms with van der Waals surface area (Å²) in [5.41, 5.74) is 4.74. The maximum Gasteiger partial charge on any atom is 0.272 e. The molecule has 0 fully saturated rings. The molecule has 0 aliphatic carbocycles. The molecule has 1 amide bonds. The number of hydrogen-bond acceptors (Lipinski definition) is 3. The maximum absolute atomic E-state index is 13.1. The van der Waals surface area contributed by atoms with Crippen LogP contribution < -0.4 is 0 Å². The highest BCUT2D eigenvalue weighted by atomic mass is 19.1. The van der Waals surface area contributed by atoms with Gasteiger partial charge in [-0.25, -0.2) is 4.39 Å². The van der Waals surface area contributed by atoms with Crippen molar-refractivity contribution in [3.63, 3.8) is 0 Å². The second-order valence-corrected chi connectivity index (χ2v) is 6.48. The van der Waals surface area contributed by atoms with Gasteiger partial charge in [-0.05, 0) is 44.5 Å². The van der Waals surface area contributed by atoms with E-state index in [0.717, 1.165) is 22.5 Å². The van der Waals surface area contributed by atoms with Gasteiger partial charge >= 0.3 is 0 Å². The zero-order valence-electron chi connectivity index (χ0n) is 15.5. The SMILES string of the molecule is Cc1nn(C)c(C)c1-c1cc(C(=O)N(C)C(C)c2ccc(F)cc2)[nH]n1. The Morgan fingerprint density at radius 1 is 1.27 bits per heavy atom. The number of aromatic nitrogens is 4. The number of H-pyrrole nitrogens is 1. The molecule has 3 rings (SSSR count). The van der Waals surface area contributed by atoms with Crippen molar-refractivity contribution in [3.8, 4) is 11.3 Å². The minimum atomic E-state index is -0.296. The molecule has 2 heterocycles. The monoisotopic (exact) mass is 355 g/mol. The molecule has 1 unspecified atom stereocenters. The molecule has 0 saturated carbocycles. The van der Waals surface area contributed by atoms with Crippen LogP contribution in [0.1, 0.15) is 40.4 Å². The fourth-order valence-electron chi connectivity index (χ4n) is 3.03. The zero-order chi connectivity index (χ0) is 19.0. The summed E-state index contributed by atoms with van der Waals surface area (Å²) in [5.74, 6) is -0.477. The first-order chi connectivity index (χ1) is 12.3. The van der Waals surface area contributed by atoms with E-state index >= 15 is 0 Å². The van der Waals surface area contributed by atoms with Crippen LogP contribution in [0.3, 0.4) is 0 Å². The molecule has 26 heavy (non-hydrogen) atoms. The lowest BCUT2D eigenvalue weighted by molar-refractivity contribution is 0.0736. The second kappa shape index (κ2) is 6.74. The maximum atomic E-state index is 13.1. The Morgan fingerprint density at radius 3 is 2.50 bits per heavy atom. The van der Waals surface area contributed by atoms with Gasteiger partial charge < -0.3 is 4.90 Å². The van der Waals surface area contributed by atoms with Crippen LogP contribution in [0.25, 0.3) is 11.3 Å². The Hall–Kier alpha value is -2.96. The van der Waals surface area contributed by atoms with E-state index in [2.05, 4.69) is 15.3 Å². The number of rotatable bonds is 4. The number of carbonyl (C=O) groups excluding carboxylic acids is 1. The van der Waals surface area contributed by atoms with Crippen LogP contribution in [0.5, 0.6) is 0 Å². The third-order valence-electron chi connectivity index (χ3n) is 4.83. The predicted molar refractivity (Wildman–Crippen MR) is 97.2 cm³/mol. The van der Waals surface area contributed by atoms with E-state index in [1.165, 1.54) is 12.1 Å². The van der Waals surface area contributed by atoms with Crippen LogP contribution >= 0.6 is 0 Å². The van der Waals surface area contributed by atoms with Crippen LogP contribution in [0.4, 0.5) is 4.39 Å². The van der Waals surface area contributed by atoms with E-state index in [4.69, 9.17) is 0 Å². The minimum Gasteiger partial charge on any atom is -0.334 e. The smallest absolute Gasteiger partial charge is 0.272 e. The summed E-state index contributed by atoms with van der Waals surface area (Å²) in [6.45, 7) is 5.79. The quantitative estimate of drug-likeness (QED) is 0.780. The highest BCUT2D eigenvalue weighted by Gasteiger charge is 2.22. The number of benzene rings is 1. The summed E-state index contributed by atoms with van der Waals surface area (Å²) in [6.07, 6.45) is 0.